The van der Waals surface area contributed by atoms with Gasteiger partial charge < -0.3 is 14.8 Å². The number of hydrogen-bond donors (Lipinski definition) is 1. The highest BCUT2D eigenvalue weighted by atomic mass is 79.9. The Kier molecular flexibility index (Phi) is 7.24. The van der Waals surface area contributed by atoms with Gasteiger partial charge in [-0.1, -0.05) is 12.1 Å². The molecule has 0 bridgehead atoms. The maximum absolute atomic E-state index is 12.6. The number of nitriles is 1. The summed E-state index contributed by atoms with van der Waals surface area (Å²) in [5.74, 6) is 0.628. The lowest BCUT2D eigenvalue weighted by atomic mass is 10.1. The van der Waals surface area contributed by atoms with Crippen LogP contribution in [-0.2, 0) is 4.79 Å². The molecule has 0 aromatic heterocycles. The van der Waals surface area contributed by atoms with Crippen molar-refractivity contribution in [2.75, 3.05) is 12.4 Å². The molecule has 1 N–H and O–H groups in total. The molecule has 0 heterocycles. The first-order valence-corrected chi connectivity index (χ1v) is 9.59. The molecule has 0 saturated carbocycles. The first kappa shape index (κ1) is 21.5. The van der Waals surface area contributed by atoms with E-state index in [2.05, 4.69) is 21.2 Å². The van der Waals surface area contributed by atoms with Crippen molar-refractivity contribution in [2.24, 2.45) is 0 Å². The second-order valence-electron chi connectivity index (χ2n) is 6.64. The van der Waals surface area contributed by atoms with Crippen LogP contribution in [-0.4, -0.2) is 19.1 Å². The van der Waals surface area contributed by atoms with Gasteiger partial charge in [-0.3, -0.25) is 4.79 Å². The molecule has 2 aromatic carbocycles. The van der Waals surface area contributed by atoms with Crippen molar-refractivity contribution in [3.05, 3.63) is 57.1 Å². The van der Waals surface area contributed by atoms with Gasteiger partial charge in [0.25, 0.3) is 5.91 Å². The molecule has 2 aromatic rings. The Morgan fingerprint density at radius 3 is 2.57 bits per heavy atom. The zero-order valence-corrected chi connectivity index (χ0v) is 18.2. The number of anilines is 1. The van der Waals surface area contributed by atoms with Gasteiger partial charge in [0.2, 0.25) is 0 Å². The van der Waals surface area contributed by atoms with Crippen LogP contribution in [0.3, 0.4) is 0 Å². The van der Waals surface area contributed by atoms with Gasteiger partial charge in [0.1, 0.15) is 11.6 Å². The summed E-state index contributed by atoms with van der Waals surface area (Å²) in [5.41, 5.74) is 3.28. The van der Waals surface area contributed by atoms with E-state index in [-0.39, 0.29) is 11.7 Å². The highest BCUT2D eigenvalue weighted by Crippen LogP contribution is 2.38. The number of nitrogens with zero attached hydrogens (tertiary/aromatic N) is 1. The standard InChI is InChI=1S/C22H23BrN2O3/c1-13(2)28-21-18(23)10-16(11-20(21)27-5)9-17(12-24)22(26)25-19-8-14(3)6-7-15(19)4/h6-11,13H,1-5H3,(H,25,26)/b17-9+. The molecule has 0 atom stereocenters. The first-order chi connectivity index (χ1) is 13.2. The van der Waals surface area contributed by atoms with Crippen molar-refractivity contribution < 1.29 is 14.3 Å². The molecule has 1 amide bonds. The summed E-state index contributed by atoms with van der Waals surface area (Å²) < 4.78 is 11.8. The average Bonchev–Trinajstić information content (AvgIpc) is 2.64. The maximum atomic E-state index is 12.6. The average molecular weight is 443 g/mol. The number of nitrogens with one attached hydrogen (secondary N) is 1. The van der Waals surface area contributed by atoms with Gasteiger partial charge >= 0.3 is 0 Å². The van der Waals surface area contributed by atoms with Gasteiger partial charge in [-0.15, -0.1) is 0 Å². The lowest BCUT2D eigenvalue weighted by molar-refractivity contribution is -0.112. The summed E-state index contributed by atoms with van der Waals surface area (Å²) in [6.07, 6.45) is 1.50. The van der Waals surface area contributed by atoms with Gasteiger partial charge in [-0.25, -0.2) is 0 Å². The Morgan fingerprint density at radius 2 is 1.96 bits per heavy atom. The Labute approximate surface area is 174 Å². The monoisotopic (exact) mass is 442 g/mol. The summed E-state index contributed by atoms with van der Waals surface area (Å²) in [4.78, 5) is 12.6. The van der Waals surface area contributed by atoms with Gasteiger partial charge in [0.05, 0.1) is 17.7 Å². The summed E-state index contributed by atoms with van der Waals surface area (Å²) in [6, 6.07) is 11.2. The van der Waals surface area contributed by atoms with Crippen molar-refractivity contribution in [2.45, 2.75) is 33.8 Å². The van der Waals surface area contributed by atoms with Crippen LogP contribution in [0.15, 0.2) is 40.4 Å². The summed E-state index contributed by atoms with van der Waals surface area (Å²) in [5, 5.41) is 12.3. The minimum absolute atomic E-state index is 0.00705. The lowest BCUT2D eigenvalue weighted by Gasteiger charge is -2.16. The molecule has 0 radical (unpaired) electrons. The van der Waals surface area contributed by atoms with Crippen molar-refractivity contribution in [1.29, 1.82) is 5.26 Å². The van der Waals surface area contributed by atoms with Crippen LogP contribution in [0.1, 0.15) is 30.5 Å². The SMILES string of the molecule is COc1cc(/C=C(\C#N)C(=O)Nc2cc(C)ccc2C)cc(Br)c1OC(C)C. The molecule has 0 saturated heterocycles. The Balaban J connectivity index is 2.35. The Bertz CT molecular complexity index is 959. The van der Waals surface area contributed by atoms with Crippen molar-refractivity contribution in [3.8, 4) is 17.6 Å². The molecule has 0 fully saturated rings. The number of halogens is 1. The van der Waals surface area contributed by atoms with Gasteiger partial charge in [-0.05, 0) is 84.6 Å². The fourth-order valence-electron chi connectivity index (χ4n) is 2.55. The Morgan fingerprint density at radius 1 is 1.25 bits per heavy atom. The molecule has 0 spiro atoms. The molecule has 0 unspecified atom stereocenters. The number of aryl methyl sites for hydroxylation is 2. The van der Waals surface area contributed by atoms with E-state index in [9.17, 15) is 10.1 Å². The van der Waals surface area contributed by atoms with E-state index in [1.165, 1.54) is 6.08 Å². The smallest absolute Gasteiger partial charge is 0.266 e. The van der Waals surface area contributed by atoms with Crippen molar-refractivity contribution >= 4 is 33.6 Å². The molecule has 0 aliphatic heterocycles. The third kappa shape index (κ3) is 5.37. The minimum Gasteiger partial charge on any atom is -0.493 e. The van der Waals surface area contributed by atoms with Gasteiger partial charge in [0.15, 0.2) is 11.5 Å². The van der Waals surface area contributed by atoms with Gasteiger partial charge in [-0.2, -0.15) is 5.26 Å². The first-order valence-electron chi connectivity index (χ1n) is 8.79. The van der Waals surface area contributed by atoms with Crippen LogP contribution in [0.4, 0.5) is 5.69 Å². The molecule has 0 aliphatic carbocycles. The number of benzene rings is 2. The van der Waals surface area contributed by atoms with E-state index in [4.69, 9.17) is 9.47 Å². The van der Waals surface area contributed by atoms with Crippen molar-refractivity contribution in [1.82, 2.24) is 0 Å². The normalized spacial score (nSPS) is 11.1. The molecule has 0 aliphatic rings. The van der Waals surface area contributed by atoms with E-state index >= 15 is 0 Å². The molecule has 6 heteroatoms. The number of methoxy groups -OCH3 is 1. The fourth-order valence-corrected chi connectivity index (χ4v) is 3.10. The van der Waals surface area contributed by atoms with Crippen LogP contribution in [0.2, 0.25) is 0 Å². The lowest BCUT2D eigenvalue weighted by Crippen LogP contribution is -2.14. The fraction of sp³-hybridized carbons (Fsp3) is 0.273. The second-order valence-corrected chi connectivity index (χ2v) is 7.50. The highest BCUT2D eigenvalue weighted by Gasteiger charge is 2.15. The summed E-state index contributed by atoms with van der Waals surface area (Å²) >= 11 is 3.47. The number of amides is 1. The van der Waals surface area contributed by atoms with E-state index in [1.54, 1.807) is 19.2 Å². The largest absolute Gasteiger partial charge is 0.493 e. The molecule has 5 nitrogen and oxygen atoms in total. The summed E-state index contributed by atoms with van der Waals surface area (Å²) in [7, 11) is 1.54. The molecule has 28 heavy (non-hydrogen) atoms. The number of carbonyl (C=O) groups is 1. The quantitative estimate of drug-likeness (QED) is 0.479. The van der Waals surface area contributed by atoms with Crippen LogP contribution >= 0.6 is 15.9 Å². The molecule has 2 rings (SSSR count). The second kappa shape index (κ2) is 9.43. The predicted molar refractivity (Wildman–Crippen MR) is 115 cm³/mol. The number of ether oxygens (including phenoxy) is 2. The third-order valence-corrected chi connectivity index (χ3v) is 4.51. The molecular weight excluding hydrogens is 420 g/mol. The van der Waals surface area contributed by atoms with Crippen molar-refractivity contribution in [3.63, 3.8) is 0 Å². The Hall–Kier alpha value is -2.78. The number of hydrogen-bond acceptors (Lipinski definition) is 4. The summed E-state index contributed by atoms with van der Waals surface area (Å²) in [6.45, 7) is 7.69. The minimum atomic E-state index is -0.464. The van der Waals surface area contributed by atoms with E-state index < -0.39 is 5.91 Å². The third-order valence-electron chi connectivity index (χ3n) is 3.92. The topological polar surface area (TPSA) is 71.3 Å². The molecular formula is C22H23BrN2O3. The van der Waals surface area contributed by atoms with Gasteiger partial charge in [0, 0.05) is 5.69 Å². The van der Waals surface area contributed by atoms with E-state index in [0.717, 1.165) is 11.1 Å². The predicted octanol–water partition coefficient (Wildman–Crippen LogP) is 5.41. The van der Waals surface area contributed by atoms with E-state index in [0.29, 0.717) is 27.2 Å². The zero-order chi connectivity index (χ0) is 20.8. The number of rotatable bonds is 6. The van der Waals surface area contributed by atoms with Crippen LogP contribution in [0.25, 0.3) is 6.08 Å². The van der Waals surface area contributed by atoms with E-state index in [1.807, 2.05) is 52.0 Å². The zero-order valence-electron chi connectivity index (χ0n) is 16.6. The number of carbonyl (C=O) groups excluding carboxylic acids is 1. The van der Waals surface area contributed by atoms with Crippen LogP contribution < -0.4 is 14.8 Å². The molecule has 146 valence electrons. The van der Waals surface area contributed by atoms with Crippen LogP contribution in [0, 0.1) is 25.2 Å². The van der Waals surface area contributed by atoms with Crippen LogP contribution in [0.5, 0.6) is 11.5 Å². The maximum Gasteiger partial charge on any atom is 0.266 e. The highest BCUT2D eigenvalue weighted by molar-refractivity contribution is 9.10.